The molecule has 0 aromatic carbocycles. The lowest BCUT2D eigenvalue weighted by molar-refractivity contribution is 0.276. The van der Waals surface area contributed by atoms with Gasteiger partial charge in [0, 0.05) is 0 Å². The summed E-state index contributed by atoms with van der Waals surface area (Å²) in [5, 5.41) is 8.89. The zero-order chi connectivity index (χ0) is 9.80. The SMILES string of the molecule is Clc1nnc(CN2CCCCCC2)s1. The van der Waals surface area contributed by atoms with Gasteiger partial charge in [-0.05, 0) is 37.5 Å². The quantitative estimate of drug-likeness (QED) is 0.784. The molecule has 1 aromatic rings. The summed E-state index contributed by atoms with van der Waals surface area (Å²) in [4.78, 5) is 2.45. The highest BCUT2D eigenvalue weighted by molar-refractivity contribution is 7.15. The molecule has 0 radical (unpaired) electrons. The number of hydrogen-bond acceptors (Lipinski definition) is 4. The molecule has 1 aliphatic rings. The standard InChI is InChI=1S/C9H14ClN3S/c10-9-12-11-8(14-9)7-13-5-3-1-2-4-6-13/h1-7H2. The maximum atomic E-state index is 5.74. The summed E-state index contributed by atoms with van der Waals surface area (Å²) in [6.45, 7) is 3.30. The van der Waals surface area contributed by atoms with Gasteiger partial charge in [0.05, 0.1) is 6.54 Å². The average molecular weight is 232 g/mol. The molecule has 5 heteroatoms. The number of likely N-dealkylation sites (tertiary alicyclic amines) is 1. The summed E-state index contributed by atoms with van der Waals surface area (Å²) in [7, 11) is 0. The van der Waals surface area contributed by atoms with E-state index in [1.807, 2.05) is 0 Å². The van der Waals surface area contributed by atoms with E-state index in [0.29, 0.717) is 4.47 Å². The van der Waals surface area contributed by atoms with Crippen molar-refractivity contribution in [3.05, 3.63) is 9.47 Å². The number of aromatic nitrogens is 2. The predicted molar refractivity (Wildman–Crippen MR) is 58.7 cm³/mol. The second kappa shape index (κ2) is 5.05. The molecule has 2 rings (SSSR count). The van der Waals surface area contributed by atoms with Crippen molar-refractivity contribution >= 4 is 22.9 Å². The van der Waals surface area contributed by atoms with E-state index >= 15 is 0 Å². The lowest BCUT2D eigenvalue weighted by Gasteiger charge is -2.17. The van der Waals surface area contributed by atoms with Crippen LogP contribution in [-0.2, 0) is 6.54 Å². The second-order valence-electron chi connectivity index (χ2n) is 3.64. The first-order chi connectivity index (χ1) is 6.84. The Labute approximate surface area is 93.1 Å². The Balaban J connectivity index is 1.89. The molecule has 1 aliphatic heterocycles. The van der Waals surface area contributed by atoms with Crippen molar-refractivity contribution < 1.29 is 0 Å². The number of rotatable bonds is 2. The Morgan fingerprint density at radius 2 is 1.86 bits per heavy atom. The zero-order valence-electron chi connectivity index (χ0n) is 8.08. The van der Waals surface area contributed by atoms with Crippen LogP contribution in [0.5, 0.6) is 0 Å². The molecule has 14 heavy (non-hydrogen) atoms. The van der Waals surface area contributed by atoms with Gasteiger partial charge in [0.15, 0.2) is 0 Å². The van der Waals surface area contributed by atoms with E-state index in [0.717, 1.165) is 11.6 Å². The zero-order valence-corrected chi connectivity index (χ0v) is 9.65. The molecule has 0 bridgehead atoms. The topological polar surface area (TPSA) is 29.0 Å². The summed E-state index contributed by atoms with van der Waals surface area (Å²) < 4.78 is 0.551. The normalized spacial score (nSPS) is 19.5. The first-order valence-electron chi connectivity index (χ1n) is 5.05. The third-order valence-corrected chi connectivity index (χ3v) is 3.50. The highest BCUT2D eigenvalue weighted by Crippen LogP contribution is 2.18. The summed E-state index contributed by atoms with van der Waals surface area (Å²) >= 11 is 7.23. The van der Waals surface area contributed by atoms with Crippen molar-refractivity contribution in [2.75, 3.05) is 13.1 Å². The molecular weight excluding hydrogens is 218 g/mol. The van der Waals surface area contributed by atoms with Crippen LogP contribution in [0.4, 0.5) is 0 Å². The lowest BCUT2D eigenvalue weighted by atomic mass is 10.2. The largest absolute Gasteiger partial charge is 0.297 e. The Bertz CT molecular complexity index is 281. The fraction of sp³-hybridized carbons (Fsp3) is 0.778. The minimum atomic E-state index is 0.551. The molecule has 2 heterocycles. The molecule has 78 valence electrons. The molecule has 0 amide bonds. The lowest BCUT2D eigenvalue weighted by Crippen LogP contribution is -2.23. The molecular formula is C9H14ClN3S. The number of hydrogen-bond donors (Lipinski definition) is 0. The van der Waals surface area contributed by atoms with E-state index in [-0.39, 0.29) is 0 Å². The maximum absolute atomic E-state index is 5.74. The van der Waals surface area contributed by atoms with Gasteiger partial charge in [-0.1, -0.05) is 24.2 Å². The minimum absolute atomic E-state index is 0.551. The molecule has 0 spiro atoms. The van der Waals surface area contributed by atoms with Crippen molar-refractivity contribution in [3.63, 3.8) is 0 Å². The monoisotopic (exact) mass is 231 g/mol. The van der Waals surface area contributed by atoms with E-state index in [4.69, 9.17) is 11.6 Å². The highest BCUT2D eigenvalue weighted by Gasteiger charge is 2.11. The van der Waals surface area contributed by atoms with Crippen LogP contribution in [0.15, 0.2) is 0 Å². The second-order valence-corrected chi connectivity index (χ2v) is 5.28. The molecule has 1 saturated heterocycles. The van der Waals surface area contributed by atoms with E-state index in [1.54, 1.807) is 0 Å². The summed E-state index contributed by atoms with van der Waals surface area (Å²) in [5.74, 6) is 0. The minimum Gasteiger partial charge on any atom is -0.297 e. The number of halogens is 1. The molecule has 0 atom stereocenters. The molecule has 3 nitrogen and oxygen atoms in total. The van der Waals surface area contributed by atoms with Gasteiger partial charge in [-0.3, -0.25) is 4.90 Å². The van der Waals surface area contributed by atoms with Crippen molar-refractivity contribution in [1.29, 1.82) is 0 Å². The Hall–Kier alpha value is -0.190. The van der Waals surface area contributed by atoms with E-state index in [2.05, 4.69) is 15.1 Å². The molecule has 0 N–H and O–H groups in total. The van der Waals surface area contributed by atoms with Crippen molar-refractivity contribution in [3.8, 4) is 0 Å². The first-order valence-corrected chi connectivity index (χ1v) is 6.24. The van der Waals surface area contributed by atoms with Crippen molar-refractivity contribution in [1.82, 2.24) is 15.1 Å². The van der Waals surface area contributed by atoms with Crippen LogP contribution in [0.25, 0.3) is 0 Å². The van der Waals surface area contributed by atoms with Crippen LogP contribution < -0.4 is 0 Å². The van der Waals surface area contributed by atoms with Gasteiger partial charge in [-0.25, -0.2) is 0 Å². The summed E-state index contributed by atoms with van der Waals surface area (Å²) in [5.41, 5.74) is 0. The predicted octanol–water partition coefficient (Wildman–Crippen LogP) is 2.57. The van der Waals surface area contributed by atoms with Crippen molar-refractivity contribution in [2.45, 2.75) is 32.2 Å². The van der Waals surface area contributed by atoms with Crippen LogP contribution in [0.2, 0.25) is 4.47 Å². The van der Waals surface area contributed by atoms with Gasteiger partial charge in [0.1, 0.15) is 5.01 Å². The molecule has 0 aliphatic carbocycles. The fourth-order valence-corrected chi connectivity index (χ4v) is 2.69. The van der Waals surface area contributed by atoms with Gasteiger partial charge < -0.3 is 0 Å². The van der Waals surface area contributed by atoms with Gasteiger partial charge in [-0.2, -0.15) is 0 Å². The van der Waals surface area contributed by atoms with E-state index in [9.17, 15) is 0 Å². The maximum Gasteiger partial charge on any atom is 0.207 e. The first kappa shape index (κ1) is 10.3. The van der Waals surface area contributed by atoms with Gasteiger partial charge in [0.2, 0.25) is 4.47 Å². The summed E-state index contributed by atoms with van der Waals surface area (Å²) in [6, 6.07) is 0. The van der Waals surface area contributed by atoms with Gasteiger partial charge in [0.25, 0.3) is 0 Å². The van der Waals surface area contributed by atoms with Gasteiger partial charge in [-0.15, -0.1) is 10.2 Å². The Kier molecular flexibility index (Phi) is 3.73. The summed E-state index contributed by atoms with van der Waals surface area (Å²) in [6.07, 6.45) is 5.36. The third-order valence-electron chi connectivity index (χ3n) is 2.50. The van der Waals surface area contributed by atoms with Crippen molar-refractivity contribution in [2.24, 2.45) is 0 Å². The third kappa shape index (κ3) is 2.90. The molecule has 0 unspecified atom stereocenters. The number of nitrogens with zero attached hydrogens (tertiary/aromatic N) is 3. The molecule has 1 aromatic heterocycles. The fourth-order valence-electron chi connectivity index (χ4n) is 1.78. The highest BCUT2D eigenvalue weighted by atomic mass is 35.5. The van der Waals surface area contributed by atoms with E-state index in [1.165, 1.54) is 50.1 Å². The van der Waals surface area contributed by atoms with Crippen LogP contribution in [0.3, 0.4) is 0 Å². The Morgan fingerprint density at radius 1 is 1.14 bits per heavy atom. The smallest absolute Gasteiger partial charge is 0.207 e. The van der Waals surface area contributed by atoms with Gasteiger partial charge >= 0.3 is 0 Å². The van der Waals surface area contributed by atoms with Crippen LogP contribution >= 0.6 is 22.9 Å². The molecule has 0 saturated carbocycles. The van der Waals surface area contributed by atoms with E-state index < -0.39 is 0 Å². The van der Waals surface area contributed by atoms with Crippen LogP contribution in [0.1, 0.15) is 30.7 Å². The average Bonchev–Trinajstić information content (AvgIpc) is 2.43. The van der Waals surface area contributed by atoms with Crippen LogP contribution in [0, 0.1) is 0 Å². The van der Waals surface area contributed by atoms with Crippen LogP contribution in [-0.4, -0.2) is 28.2 Å². The Morgan fingerprint density at radius 3 is 2.43 bits per heavy atom. The molecule has 1 fully saturated rings.